The van der Waals surface area contributed by atoms with E-state index >= 15 is 0 Å². The van der Waals surface area contributed by atoms with Crippen molar-refractivity contribution in [3.05, 3.63) is 15.9 Å². The summed E-state index contributed by atoms with van der Waals surface area (Å²) in [5.41, 5.74) is -0.224. The summed E-state index contributed by atoms with van der Waals surface area (Å²) in [6.07, 6.45) is 0.584. The van der Waals surface area contributed by atoms with Crippen molar-refractivity contribution in [2.24, 2.45) is 0 Å². The summed E-state index contributed by atoms with van der Waals surface area (Å²) in [6.45, 7) is 5.63. The number of nitrogens with one attached hydrogen (secondary N) is 1. The maximum atomic E-state index is 11.0. The number of aryl methyl sites for hydroxylation is 1. The lowest BCUT2D eigenvalue weighted by molar-refractivity contribution is -0.385. The lowest BCUT2D eigenvalue weighted by Crippen LogP contribution is -2.15. The Morgan fingerprint density at radius 2 is 2.12 bits per heavy atom. The SMILES string of the molecule is CCc1nc(NC(C)C)c([N+](=O)[O-])c(OC)n1. The predicted octanol–water partition coefficient (Wildman–Crippen LogP) is 1.78. The minimum Gasteiger partial charge on any atom is -0.476 e. The fourth-order valence-electron chi connectivity index (χ4n) is 1.32. The van der Waals surface area contributed by atoms with Crippen LogP contribution in [0.25, 0.3) is 0 Å². The van der Waals surface area contributed by atoms with Gasteiger partial charge < -0.3 is 10.1 Å². The Bertz CT molecular complexity index is 420. The van der Waals surface area contributed by atoms with Gasteiger partial charge in [0.1, 0.15) is 5.82 Å². The lowest BCUT2D eigenvalue weighted by Gasteiger charge is -2.11. The van der Waals surface area contributed by atoms with Crippen LogP contribution >= 0.6 is 0 Å². The average molecular weight is 240 g/mol. The van der Waals surface area contributed by atoms with E-state index in [0.29, 0.717) is 12.2 Å². The summed E-state index contributed by atoms with van der Waals surface area (Å²) in [5, 5.41) is 13.9. The van der Waals surface area contributed by atoms with Crippen molar-refractivity contribution in [1.82, 2.24) is 9.97 Å². The number of anilines is 1. The second kappa shape index (κ2) is 5.42. The first-order valence-electron chi connectivity index (χ1n) is 5.35. The Balaban J connectivity index is 3.35. The van der Waals surface area contributed by atoms with E-state index in [2.05, 4.69) is 15.3 Å². The van der Waals surface area contributed by atoms with Crippen molar-refractivity contribution < 1.29 is 9.66 Å². The number of rotatable bonds is 5. The topological polar surface area (TPSA) is 90.2 Å². The molecule has 7 heteroatoms. The van der Waals surface area contributed by atoms with E-state index in [0.717, 1.165) is 0 Å². The van der Waals surface area contributed by atoms with E-state index in [1.54, 1.807) is 0 Å². The van der Waals surface area contributed by atoms with Gasteiger partial charge in [-0.1, -0.05) is 6.92 Å². The van der Waals surface area contributed by atoms with Crippen molar-refractivity contribution in [2.75, 3.05) is 12.4 Å². The second-order valence-corrected chi connectivity index (χ2v) is 3.76. The largest absolute Gasteiger partial charge is 0.476 e. The van der Waals surface area contributed by atoms with Gasteiger partial charge in [-0.3, -0.25) is 10.1 Å². The summed E-state index contributed by atoms with van der Waals surface area (Å²) in [5.74, 6) is 0.703. The molecule has 1 heterocycles. The van der Waals surface area contributed by atoms with Crippen LogP contribution in [0.4, 0.5) is 11.5 Å². The van der Waals surface area contributed by atoms with Gasteiger partial charge in [0, 0.05) is 12.5 Å². The first kappa shape index (κ1) is 13.1. The molecule has 0 unspecified atom stereocenters. The minimum absolute atomic E-state index is 0.00926. The fraction of sp³-hybridized carbons (Fsp3) is 0.600. The van der Waals surface area contributed by atoms with E-state index in [1.165, 1.54) is 7.11 Å². The molecule has 0 saturated heterocycles. The van der Waals surface area contributed by atoms with Gasteiger partial charge >= 0.3 is 5.69 Å². The smallest absolute Gasteiger partial charge is 0.372 e. The van der Waals surface area contributed by atoms with Gasteiger partial charge in [0.05, 0.1) is 12.0 Å². The number of hydrogen-bond acceptors (Lipinski definition) is 6. The highest BCUT2D eigenvalue weighted by Gasteiger charge is 2.25. The monoisotopic (exact) mass is 240 g/mol. The third kappa shape index (κ3) is 3.02. The Labute approximate surface area is 99.4 Å². The molecule has 0 aromatic carbocycles. The van der Waals surface area contributed by atoms with Gasteiger partial charge in [-0.15, -0.1) is 0 Å². The van der Waals surface area contributed by atoms with Crippen molar-refractivity contribution in [3.63, 3.8) is 0 Å². The van der Waals surface area contributed by atoms with Crippen LogP contribution in [0.5, 0.6) is 5.88 Å². The quantitative estimate of drug-likeness (QED) is 0.623. The molecule has 0 radical (unpaired) electrons. The molecular formula is C10H16N4O3. The molecule has 17 heavy (non-hydrogen) atoms. The molecule has 94 valence electrons. The molecule has 0 atom stereocenters. The van der Waals surface area contributed by atoms with Crippen LogP contribution in [-0.4, -0.2) is 28.0 Å². The van der Waals surface area contributed by atoms with E-state index in [-0.39, 0.29) is 23.4 Å². The molecule has 0 aliphatic carbocycles. The van der Waals surface area contributed by atoms with Crippen molar-refractivity contribution in [3.8, 4) is 5.88 Å². The van der Waals surface area contributed by atoms with E-state index < -0.39 is 4.92 Å². The van der Waals surface area contributed by atoms with Crippen LogP contribution in [0.15, 0.2) is 0 Å². The van der Waals surface area contributed by atoms with Crippen LogP contribution in [0, 0.1) is 10.1 Å². The maximum Gasteiger partial charge on any atom is 0.372 e. The van der Waals surface area contributed by atoms with Crippen LogP contribution in [-0.2, 0) is 6.42 Å². The molecule has 0 aliphatic heterocycles. The predicted molar refractivity (Wildman–Crippen MR) is 63.4 cm³/mol. The van der Waals surface area contributed by atoms with Gasteiger partial charge in [0.25, 0.3) is 5.88 Å². The normalized spacial score (nSPS) is 10.4. The van der Waals surface area contributed by atoms with Crippen molar-refractivity contribution in [2.45, 2.75) is 33.2 Å². The molecule has 0 aliphatic rings. The number of methoxy groups -OCH3 is 1. The first-order chi connectivity index (χ1) is 7.99. The molecule has 1 N–H and O–H groups in total. The molecule has 0 saturated carbocycles. The molecule has 1 aromatic rings. The minimum atomic E-state index is -0.539. The lowest BCUT2D eigenvalue weighted by atomic mass is 10.3. The van der Waals surface area contributed by atoms with Gasteiger partial charge in [-0.2, -0.15) is 4.98 Å². The second-order valence-electron chi connectivity index (χ2n) is 3.76. The van der Waals surface area contributed by atoms with E-state index in [9.17, 15) is 10.1 Å². The summed E-state index contributed by atoms with van der Waals surface area (Å²) >= 11 is 0. The van der Waals surface area contributed by atoms with Crippen LogP contribution in [0.1, 0.15) is 26.6 Å². The van der Waals surface area contributed by atoms with Gasteiger partial charge in [0.15, 0.2) is 0 Å². The zero-order valence-corrected chi connectivity index (χ0v) is 10.4. The number of nitro groups is 1. The molecule has 1 rings (SSSR count). The Kier molecular flexibility index (Phi) is 4.19. The third-order valence-electron chi connectivity index (χ3n) is 2.02. The molecule has 0 bridgehead atoms. The highest BCUT2D eigenvalue weighted by molar-refractivity contribution is 5.62. The molecule has 0 amide bonds. The van der Waals surface area contributed by atoms with Gasteiger partial charge in [-0.05, 0) is 13.8 Å². The Morgan fingerprint density at radius 1 is 1.47 bits per heavy atom. The standard InChI is InChI=1S/C10H16N4O3/c1-5-7-12-9(11-6(2)3)8(14(15)16)10(13-7)17-4/h6H,5H2,1-4H3,(H,11,12,13). The first-order valence-corrected chi connectivity index (χ1v) is 5.35. The summed E-state index contributed by atoms with van der Waals surface area (Å²) in [6, 6.07) is 0.0398. The number of nitrogens with zero attached hydrogens (tertiary/aromatic N) is 3. The summed E-state index contributed by atoms with van der Waals surface area (Å²) in [7, 11) is 1.36. The maximum absolute atomic E-state index is 11.0. The highest BCUT2D eigenvalue weighted by atomic mass is 16.6. The summed E-state index contributed by atoms with van der Waals surface area (Å²) in [4.78, 5) is 18.6. The fourth-order valence-corrected chi connectivity index (χ4v) is 1.32. The number of ether oxygens (including phenoxy) is 1. The van der Waals surface area contributed by atoms with Gasteiger partial charge in [0.2, 0.25) is 5.82 Å². The molecule has 1 aromatic heterocycles. The molecule has 0 fully saturated rings. The van der Waals surface area contributed by atoms with E-state index in [1.807, 2.05) is 20.8 Å². The average Bonchev–Trinajstić information content (AvgIpc) is 2.26. The zero-order chi connectivity index (χ0) is 13.0. The number of hydrogen-bond donors (Lipinski definition) is 1. The zero-order valence-electron chi connectivity index (χ0n) is 10.4. The summed E-state index contributed by atoms with van der Waals surface area (Å²) < 4.78 is 4.94. The van der Waals surface area contributed by atoms with Crippen molar-refractivity contribution in [1.29, 1.82) is 0 Å². The molecule has 7 nitrogen and oxygen atoms in total. The van der Waals surface area contributed by atoms with E-state index in [4.69, 9.17) is 4.74 Å². The van der Waals surface area contributed by atoms with Crippen molar-refractivity contribution >= 4 is 11.5 Å². The molecular weight excluding hydrogens is 224 g/mol. The molecule has 0 spiro atoms. The Morgan fingerprint density at radius 3 is 2.53 bits per heavy atom. The van der Waals surface area contributed by atoms with Crippen LogP contribution in [0.2, 0.25) is 0 Å². The van der Waals surface area contributed by atoms with Gasteiger partial charge in [-0.25, -0.2) is 4.98 Å². The van der Waals surface area contributed by atoms with Crippen LogP contribution in [0.3, 0.4) is 0 Å². The number of aromatic nitrogens is 2. The third-order valence-corrected chi connectivity index (χ3v) is 2.02. The Hall–Kier alpha value is -1.92. The van der Waals surface area contributed by atoms with Crippen LogP contribution < -0.4 is 10.1 Å². The highest BCUT2D eigenvalue weighted by Crippen LogP contribution is 2.31.